The highest BCUT2D eigenvalue weighted by Crippen LogP contribution is 2.34. The van der Waals surface area contributed by atoms with Crippen LogP contribution < -0.4 is 5.32 Å². The van der Waals surface area contributed by atoms with Gasteiger partial charge in [0.05, 0.1) is 22.5 Å². The van der Waals surface area contributed by atoms with Gasteiger partial charge in [-0.05, 0) is 36.6 Å². The van der Waals surface area contributed by atoms with Crippen LogP contribution >= 0.6 is 11.6 Å². The minimum atomic E-state index is 0.168. The number of Topliss-reactive ketones (excluding diaryl/α,β-unsaturated/α-hetero) is 1. The molecule has 24 heavy (non-hydrogen) atoms. The second kappa shape index (κ2) is 6.25. The summed E-state index contributed by atoms with van der Waals surface area (Å²) in [6.45, 7) is 0.659. The van der Waals surface area contributed by atoms with E-state index in [9.17, 15) is 4.79 Å². The molecule has 4 heteroatoms. The molecule has 0 saturated heterocycles. The SMILES string of the molecule is O=C1CCCc2nc3ccc(Cl)cc3c(NCc3ccccc3)c21. The number of fused-ring (bicyclic) bond motifs is 2. The fraction of sp³-hybridized carbons (Fsp3) is 0.200. The van der Waals surface area contributed by atoms with Crippen LogP contribution in [0.5, 0.6) is 0 Å². The van der Waals surface area contributed by atoms with E-state index >= 15 is 0 Å². The molecule has 3 aromatic rings. The van der Waals surface area contributed by atoms with Crippen molar-refractivity contribution in [2.75, 3.05) is 5.32 Å². The molecule has 0 atom stereocenters. The number of nitrogens with one attached hydrogen (secondary N) is 1. The largest absolute Gasteiger partial charge is 0.380 e. The normalized spacial score (nSPS) is 13.8. The number of pyridine rings is 1. The minimum Gasteiger partial charge on any atom is -0.380 e. The summed E-state index contributed by atoms with van der Waals surface area (Å²) in [4.78, 5) is 17.2. The van der Waals surface area contributed by atoms with Crippen molar-refractivity contribution in [1.82, 2.24) is 4.98 Å². The van der Waals surface area contributed by atoms with E-state index in [-0.39, 0.29) is 5.78 Å². The summed E-state index contributed by atoms with van der Waals surface area (Å²) in [5.41, 5.74) is 4.56. The fourth-order valence-electron chi connectivity index (χ4n) is 3.28. The highest BCUT2D eigenvalue weighted by Gasteiger charge is 2.24. The first-order valence-electron chi connectivity index (χ1n) is 8.15. The van der Waals surface area contributed by atoms with Crippen LogP contribution in [0.3, 0.4) is 0 Å². The molecule has 1 aliphatic carbocycles. The zero-order valence-electron chi connectivity index (χ0n) is 13.2. The Morgan fingerprint density at radius 3 is 2.75 bits per heavy atom. The Morgan fingerprint density at radius 1 is 1.08 bits per heavy atom. The van der Waals surface area contributed by atoms with Crippen LogP contribution in [0.25, 0.3) is 10.9 Å². The van der Waals surface area contributed by atoms with Crippen molar-refractivity contribution >= 4 is 34.0 Å². The molecule has 0 amide bonds. The number of nitrogens with zero attached hydrogens (tertiary/aromatic N) is 1. The Kier molecular flexibility index (Phi) is 3.95. The molecule has 1 N–H and O–H groups in total. The van der Waals surface area contributed by atoms with E-state index in [1.165, 1.54) is 5.56 Å². The van der Waals surface area contributed by atoms with E-state index in [0.717, 1.165) is 40.7 Å². The van der Waals surface area contributed by atoms with Gasteiger partial charge in [-0.25, -0.2) is 0 Å². The maximum absolute atomic E-state index is 12.5. The topological polar surface area (TPSA) is 42.0 Å². The molecule has 0 bridgehead atoms. The number of aryl methyl sites for hydroxylation is 1. The monoisotopic (exact) mass is 336 g/mol. The molecule has 2 aromatic carbocycles. The van der Waals surface area contributed by atoms with Crippen LogP contribution in [0.4, 0.5) is 5.69 Å². The highest BCUT2D eigenvalue weighted by molar-refractivity contribution is 6.31. The quantitative estimate of drug-likeness (QED) is 0.730. The molecule has 0 saturated carbocycles. The van der Waals surface area contributed by atoms with Crippen LogP contribution in [-0.4, -0.2) is 10.8 Å². The lowest BCUT2D eigenvalue weighted by molar-refractivity contribution is 0.0972. The molecule has 0 aliphatic heterocycles. The lowest BCUT2D eigenvalue weighted by Gasteiger charge is -2.21. The molecule has 1 heterocycles. The van der Waals surface area contributed by atoms with Crippen LogP contribution in [0, 0.1) is 0 Å². The van der Waals surface area contributed by atoms with Gasteiger partial charge >= 0.3 is 0 Å². The van der Waals surface area contributed by atoms with Gasteiger partial charge in [0.25, 0.3) is 0 Å². The van der Waals surface area contributed by atoms with Gasteiger partial charge in [-0.2, -0.15) is 0 Å². The van der Waals surface area contributed by atoms with Crippen molar-refractivity contribution in [3.05, 3.63) is 70.4 Å². The number of anilines is 1. The number of hydrogen-bond donors (Lipinski definition) is 1. The van der Waals surface area contributed by atoms with Crippen LogP contribution in [0.1, 0.15) is 34.5 Å². The molecule has 0 unspecified atom stereocenters. The van der Waals surface area contributed by atoms with E-state index in [1.807, 2.05) is 36.4 Å². The Hall–Kier alpha value is -2.39. The zero-order chi connectivity index (χ0) is 16.5. The molecule has 3 nitrogen and oxygen atoms in total. The van der Waals surface area contributed by atoms with Gasteiger partial charge in [0.2, 0.25) is 0 Å². The van der Waals surface area contributed by atoms with Gasteiger partial charge in [-0.15, -0.1) is 0 Å². The summed E-state index contributed by atoms with van der Waals surface area (Å²) >= 11 is 6.19. The summed E-state index contributed by atoms with van der Waals surface area (Å²) in [6, 6.07) is 15.8. The predicted molar refractivity (Wildman–Crippen MR) is 97.8 cm³/mol. The molecule has 0 spiro atoms. The molecular formula is C20H17ClN2O. The van der Waals surface area contributed by atoms with Gasteiger partial charge in [0, 0.05) is 23.4 Å². The van der Waals surface area contributed by atoms with E-state index in [4.69, 9.17) is 16.6 Å². The molecule has 1 aromatic heterocycles. The number of carbonyl (C=O) groups excluding carboxylic acids is 1. The summed E-state index contributed by atoms with van der Waals surface area (Å²) in [6.07, 6.45) is 2.30. The summed E-state index contributed by atoms with van der Waals surface area (Å²) in [5.74, 6) is 0.168. The maximum atomic E-state index is 12.5. The van der Waals surface area contributed by atoms with Crippen molar-refractivity contribution in [3.63, 3.8) is 0 Å². The van der Waals surface area contributed by atoms with Crippen molar-refractivity contribution < 1.29 is 4.79 Å². The third-order valence-electron chi connectivity index (χ3n) is 4.43. The first kappa shape index (κ1) is 15.2. The number of rotatable bonds is 3. The second-order valence-corrected chi connectivity index (χ2v) is 6.52. The Balaban J connectivity index is 1.85. The number of ketones is 1. The average Bonchev–Trinajstić information content (AvgIpc) is 2.60. The standard InChI is InChI=1S/C20H17ClN2O/c21-14-9-10-16-15(11-14)20(22-12-13-5-2-1-3-6-13)19-17(23-16)7-4-8-18(19)24/h1-3,5-6,9-11H,4,7-8,12H2,(H,22,23). The van der Waals surface area contributed by atoms with Crippen molar-refractivity contribution in [3.8, 4) is 0 Å². The molecular weight excluding hydrogens is 320 g/mol. The van der Waals surface area contributed by atoms with Gasteiger partial charge < -0.3 is 5.32 Å². The van der Waals surface area contributed by atoms with Crippen molar-refractivity contribution in [2.24, 2.45) is 0 Å². The van der Waals surface area contributed by atoms with Crippen LogP contribution in [-0.2, 0) is 13.0 Å². The average molecular weight is 337 g/mol. The highest BCUT2D eigenvalue weighted by atomic mass is 35.5. The lowest BCUT2D eigenvalue weighted by atomic mass is 9.91. The summed E-state index contributed by atoms with van der Waals surface area (Å²) in [7, 11) is 0. The van der Waals surface area contributed by atoms with E-state index in [0.29, 0.717) is 18.0 Å². The molecule has 120 valence electrons. The third kappa shape index (κ3) is 2.76. The summed E-state index contributed by atoms with van der Waals surface area (Å²) in [5, 5.41) is 5.03. The van der Waals surface area contributed by atoms with Crippen LogP contribution in [0.2, 0.25) is 5.02 Å². The molecule has 0 fully saturated rings. The maximum Gasteiger partial charge on any atom is 0.166 e. The Labute approximate surface area is 145 Å². The number of benzene rings is 2. The minimum absolute atomic E-state index is 0.168. The number of hydrogen-bond acceptors (Lipinski definition) is 3. The smallest absolute Gasteiger partial charge is 0.166 e. The van der Waals surface area contributed by atoms with Gasteiger partial charge in [-0.1, -0.05) is 41.9 Å². The summed E-state index contributed by atoms with van der Waals surface area (Å²) < 4.78 is 0. The molecule has 4 rings (SSSR count). The predicted octanol–water partition coefficient (Wildman–Crippen LogP) is 5.02. The van der Waals surface area contributed by atoms with E-state index in [1.54, 1.807) is 0 Å². The number of carbonyl (C=O) groups is 1. The van der Waals surface area contributed by atoms with Crippen molar-refractivity contribution in [1.29, 1.82) is 0 Å². The first-order valence-corrected chi connectivity index (χ1v) is 8.53. The van der Waals surface area contributed by atoms with E-state index < -0.39 is 0 Å². The number of aromatic nitrogens is 1. The van der Waals surface area contributed by atoms with Gasteiger partial charge in [0.15, 0.2) is 5.78 Å². The van der Waals surface area contributed by atoms with Crippen LogP contribution in [0.15, 0.2) is 48.5 Å². The second-order valence-electron chi connectivity index (χ2n) is 6.09. The van der Waals surface area contributed by atoms with E-state index in [2.05, 4.69) is 17.4 Å². The van der Waals surface area contributed by atoms with Gasteiger partial charge in [-0.3, -0.25) is 9.78 Å². The molecule has 1 aliphatic rings. The number of halogens is 1. The fourth-order valence-corrected chi connectivity index (χ4v) is 3.45. The zero-order valence-corrected chi connectivity index (χ0v) is 13.9. The molecule has 0 radical (unpaired) electrons. The lowest BCUT2D eigenvalue weighted by Crippen LogP contribution is -2.16. The Bertz CT molecular complexity index is 922. The Morgan fingerprint density at radius 2 is 1.92 bits per heavy atom. The van der Waals surface area contributed by atoms with Crippen molar-refractivity contribution in [2.45, 2.75) is 25.8 Å². The third-order valence-corrected chi connectivity index (χ3v) is 4.67. The van der Waals surface area contributed by atoms with Gasteiger partial charge in [0.1, 0.15) is 0 Å². The first-order chi connectivity index (χ1) is 11.7.